The smallest absolute Gasteiger partial charge is 0.403 e. The molecule has 8 heteroatoms. The van der Waals surface area contributed by atoms with Crippen molar-refractivity contribution < 1.29 is 47.6 Å². The number of benzene rings is 5. The Hall–Kier alpha value is -4.13. The van der Waals surface area contributed by atoms with Crippen LogP contribution in [0.3, 0.4) is 0 Å². The number of hydrogen-bond donors (Lipinski definition) is 1. The quantitative estimate of drug-likeness (QED) is 0.0637. The standard InChI is InChI=1S/C34H24F4N.C5H8O2.Ir/c35-25-9-5-20(6-10-25)21-7-11-26-23(17-21)8-12-29-28(26)13-14-31-30(29)15-16-39-33(31)24-18-22-3-1-2-4-27(22)32(19-24)34(36,37)38;1-4(6)3-5(2)7;/h1-4,7-8,11-17,19-20,25H,5-6,9-10H2;3,6H,1-2H3;/q-1;;/b;4-3-;. The molecule has 1 saturated carbocycles. The Labute approximate surface area is 283 Å². The molecule has 1 aliphatic rings. The van der Waals surface area contributed by atoms with Gasteiger partial charge in [-0.1, -0.05) is 71.6 Å². The third kappa shape index (κ3) is 7.24. The molecule has 0 unspecified atom stereocenters. The summed E-state index contributed by atoms with van der Waals surface area (Å²) in [5, 5.41) is 15.0. The summed E-state index contributed by atoms with van der Waals surface area (Å²) < 4.78 is 55.6. The fourth-order valence-corrected chi connectivity index (χ4v) is 6.57. The average Bonchev–Trinajstić information content (AvgIpc) is 3.03. The van der Waals surface area contributed by atoms with E-state index in [1.165, 1.54) is 31.6 Å². The number of halogens is 4. The number of ketones is 1. The molecule has 47 heavy (non-hydrogen) atoms. The fourth-order valence-electron chi connectivity index (χ4n) is 6.57. The van der Waals surface area contributed by atoms with Crippen LogP contribution in [-0.4, -0.2) is 22.0 Å². The monoisotopic (exact) mass is 815 g/mol. The van der Waals surface area contributed by atoms with Gasteiger partial charge < -0.3 is 5.11 Å². The summed E-state index contributed by atoms with van der Waals surface area (Å²) in [5.41, 5.74) is 1.37. The predicted molar refractivity (Wildman–Crippen MR) is 177 cm³/mol. The summed E-state index contributed by atoms with van der Waals surface area (Å²) in [6, 6.07) is 27.4. The van der Waals surface area contributed by atoms with Gasteiger partial charge in [0.05, 0.1) is 5.76 Å². The van der Waals surface area contributed by atoms with Gasteiger partial charge in [0.1, 0.15) is 6.17 Å². The second kappa shape index (κ2) is 13.9. The van der Waals surface area contributed by atoms with E-state index < -0.39 is 17.9 Å². The molecular weight excluding hydrogens is 783 g/mol. The van der Waals surface area contributed by atoms with Crippen LogP contribution in [-0.2, 0) is 31.1 Å². The summed E-state index contributed by atoms with van der Waals surface area (Å²) in [6.07, 6.45) is 0.658. The second-order valence-corrected chi connectivity index (χ2v) is 11.9. The van der Waals surface area contributed by atoms with Gasteiger partial charge in [-0.2, -0.15) is 13.2 Å². The largest absolute Gasteiger partial charge is 0.512 e. The van der Waals surface area contributed by atoms with Gasteiger partial charge in [0.15, 0.2) is 5.78 Å². The number of alkyl halides is 4. The molecule has 0 aliphatic heterocycles. The molecule has 0 amide bonds. The van der Waals surface area contributed by atoms with E-state index in [1.54, 1.807) is 24.4 Å². The second-order valence-electron chi connectivity index (χ2n) is 11.9. The molecule has 6 aromatic rings. The molecular formula is C39H32F4IrNO2-. The molecule has 0 bridgehead atoms. The maximum Gasteiger partial charge on any atom is 0.403 e. The minimum absolute atomic E-state index is 0. The summed E-state index contributed by atoms with van der Waals surface area (Å²) >= 11 is 0. The van der Waals surface area contributed by atoms with Gasteiger partial charge in [-0.3, -0.25) is 9.78 Å². The van der Waals surface area contributed by atoms with Gasteiger partial charge in [0.2, 0.25) is 0 Å². The zero-order valence-electron chi connectivity index (χ0n) is 25.8. The number of fused-ring (bicyclic) bond motifs is 6. The number of hydrogen-bond acceptors (Lipinski definition) is 3. The molecule has 1 radical (unpaired) electrons. The van der Waals surface area contributed by atoms with Crippen molar-refractivity contribution in [1.82, 2.24) is 4.98 Å². The maximum absolute atomic E-state index is 14.0. The number of rotatable bonds is 3. The summed E-state index contributed by atoms with van der Waals surface area (Å²) in [4.78, 5) is 14.5. The van der Waals surface area contributed by atoms with Gasteiger partial charge in [-0.15, -0.1) is 23.6 Å². The molecule has 1 aliphatic carbocycles. The van der Waals surface area contributed by atoms with Gasteiger partial charge in [-0.25, -0.2) is 4.39 Å². The van der Waals surface area contributed by atoms with Crippen molar-refractivity contribution in [3.63, 3.8) is 0 Å². The third-order valence-corrected chi connectivity index (χ3v) is 8.66. The number of aliphatic hydroxyl groups excluding tert-OH is 1. The Bertz CT molecular complexity index is 2130. The van der Waals surface area contributed by atoms with Crippen molar-refractivity contribution in [2.24, 2.45) is 0 Å². The van der Waals surface area contributed by atoms with Crippen molar-refractivity contribution in [2.45, 2.75) is 57.8 Å². The van der Waals surface area contributed by atoms with E-state index in [0.29, 0.717) is 35.4 Å². The van der Waals surface area contributed by atoms with Crippen LogP contribution in [0.5, 0.6) is 0 Å². The van der Waals surface area contributed by atoms with E-state index >= 15 is 0 Å². The molecule has 0 atom stereocenters. The Morgan fingerprint density at radius 2 is 1.47 bits per heavy atom. The van der Waals surface area contributed by atoms with Crippen LogP contribution in [0.4, 0.5) is 17.6 Å². The Morgan fingerprint density at radius 1 is 0.830 bits per heavy atom. The number of pyridine rings is 1. The molecule has 7 rings (SSSR count). The van der Waals surface area contributed by atoms with E-state index in [9.17, 15) is 22.4 Å². The molecule has 1 heterocycles. The number of nitrogens with zero attached hydrogens (tertiary/aromatic N) is 1. The number of carbonyl (C=O) groups excluding carboxylic acids is 1. The molecule has 0 spiro atoms. The molecule has 3 nitrogen and oxygen atoms in total. The first-order valence-electron chi connectivity index (χ1n) is 15.3. The Balaban J connectivity index is 0.000000491. The normalized spacial score (nSPS) is 16.9. The molecule has 1 N–H and O–H groups in total. The van der Waals surface area contributed by atoms with Gasteiger partial charge >= 0.3 is 6.18 Å². The first-order chi connectivity index (χ1) is 22.0. The predicted octanol–water partition coefficient (Wildman–Crippen LogP) is 11.2. The van der Waals surface area contributed by atoms with E-state index in [2.05, 4.69) is 41.4 Å². The van der Waals surface area contributed by atoms with Crippen LogP contribution >= 0.6 is 0 Å². The van der Waals surface area contributed by atoms with Crippen LogP contribution in [0, 0.1) is 6.07 Å². The maximum atomic E-state index is 14.0. The van der Waals surface area contributed by atoms with Crippen LogP contribution in [0.1, 0.15) is 56.6 Å². The molecule has 1 fully saturated rings. The van der Waals surface area contributed by atoms with Crippen molar-refractivity contribution in [3.05, 3.63) is 114 Å². The van der Waals surface area contributed by atoms with Crippen LogP contribution < -0.4 is 0 Å². The van der Waals surface area contributed by atoms with Crippen LogP contribution in [0.25, 0.3) is 54.3 Å². The zero-order chi connectivity index (χ0) is 32.6. The number of allylic oxidation sites excluding steroid dienone is 2. The molecule has 0 saturated heterocycles. The average molecular weight is 815 g/mol. The minimum Gasteiger partial charge on any atom is -0.512 e. The summed E-state index contributed by atoms with van der Waals surface area (Å²) in [6.45, 7) is 2.85. The summed E-state index contributed by atoms with van der Waals surface area (Å²) in [5.74, 6) is 0.328. The van der Waals surface area contributed by atoms with Gasteiger partial charge in [-0.05, 0) is 95.0 Å². The zero-order valence-corrected chi connectivity index (χ0v) is 28.2. The van der Waals surface area contributed by atoms with Crippen LogP contribution in [0.2, 0.25) is 0 Å². The van der Waals surface area contributed by atoms with E-state index in [4.69, 9.17) is 5.11 Å². The van der Waals surface area contributed by atoms with E-state index in [-0.39, 0.29) is 37.0 Å². The molecule has 1 aromatic heterocycles. The first kappa shape index (κ1) is 34.2. The summed E-state index contributed by atoms with van der Waals surface area (Å²) in [7, 11) is 0. The number of aromatic nitrogens is 1. The number of aliphatic hydroxyl groups is 1. The topological polar surface area (TPSA) is 50.2 Å². The Kier molecular flexibility index (Phi) is 10.1. The van der Waals surface area contributed by atoms with Gasteiger partial charge in [0, 0.05) is 38.1 Å². The fraction of sp³-hybridized carbons (Fsp3) is 0.231. The number of carbonyl (C=O) groups is 1. The molecule has 5 aromatic carbocycles. The minimum atomic E-state index is -4.50. The van der Waals surface area contributed by atoms with Crippen molar-refractivity contribution in [1.29, 1.82) is 0 Å². The van der Waals surface area contributed by atoms with Crippen molar-refractivity contribution >= 4 is 48.9 Å². The SMILES string of the molecule is CC(=O)/C=C(/C)O.FC1CCC(c2ccc3c(ccc4c5ccnc(-c6[c-]c7ccccc7c(C(F)(F)F)c6)c5ccc34)c2)CC1.[Ir]. The van der Waals surface area contributed by atoms with E-state index in [0.717, 1.165) is 51.2 Å². The third-order valence-electron chi connectivity index (χ3n) is 8.66. The van der Waals surface area contributed by atoms with Crippen molar-refractivity contribution in [2.75, 3.05) is 0 Å². The first-order valence-corrected chi connectivity index (χ1v) is 15.3. The van der Waals surface area contributed by atoms with Crippen molar-refractivity contribution in [3.8, 4) is 11.3 Å². The Morgan fingerprint density at radius 3 is 2.15 bits per heavy atom. The van der Waals surface area contributed by atoms with Crippen LogP contribution in [0.15, 0.2) is 96.9 Å². The van der Waals surface area contributed by atoms with E-state index in [1.807, 2.05) is 18.2 Å². The van der Waals surface area contributed by atoms with Gasteiger partial charge in [0.25, 0.3) is 0 Å². The molecule has 243 valence electrons.